The first-order valence-corrected chi connectivity index (χ1v) is 8.84. The van der Waals surface area contributed by atoms with Gasteiger partial charge in [0, 0.05) is 24.1 Å². The fourth-order valence-corrected chi connectivity index (χ4v) is 3.73. The summed E-state index contributed by atoms with van der Waals surface area (Å²) in [7, 11) is 0. The van der Waals surface area contributed by atoms with E-state index >= 15 is 0 Å². The third-order valence-corrected chi connectivity index (χ3v) is 5.00. The van der Waals surface area contributed by atoms with Crippen LogP contribution in [0, 0.1) is 5.92 Å². The second-order valence-corrected chi connectivity index (χ2v) is 7.44. The van der Waals surface area contributed by atoms with Crippen molar-refractivity contribution in [2.75, 3.05) is 25.4 Å². The molecular weight excluding hydrogens is 268 g/mol. The van der Waals surface area contributed by atoms with Crippen molar-refractivity contribution in [2.24, 2.45) is 5.92 Å². The molecule has 0 saturated carbocycles. The van der Waals surface area contributed by atoms with Gasteiger partial charge in [-0.2, -0.15) is 11.8 Å². The molecule has 1 aliphatic rings. The van der Waals surface area contributed by atoms with Crippen LogP contribution < -0.4 is 5.32 Å². The van der Waals surface area contributed by atoms with Crippen molar-refractivity contribution in [1.29, 1.82) is 0 Å². The van der Waals surface area contributed by atoms with Gasteiger partial charge in [-0.15, -0.1) is 0 Å². The summed E-state index contributed by atoms with van der Waals surface area (Å²) in [5.74, 6) is 4.09. The largest absolute Gasteiger partial charge is 0.463 e. The Kier molecular flexibility index (Phi) is 6.46. The Morgan fingerprint density at radius 3 is 2.95 bits per heavy atom. The van der Waals surface area contributed by atoms with Crippen LogP contribution in [0.1, 0.15) is 38.7 Å². The van der Waals surface area contributed by atoms with Crippen molar-refractivity contribution in [1.82, 2.24) is 10.2 Å². The molecule has 2 heterocycles. The summed E-state index contributed by atoms with van der Waals surface area (Å²) < 4.78 is 5.93. The van der Waals surface area contributed by atoms with Crippen molar-refractivity contribution in [3.8, 4) is 0 Å². The standard InChI is InChI=1S/C16H28N2OS/c1-4-16-12-18(7-8-20-16)11-15-6-5-14(19-15)10-17-9-13(2)3/h5-6,13,16-17H,4,7-12H2,1-3H3. The minimum absolute atomic E-state index is 0.682. The zero-order chi connectivity index (χ0) is 14.4. The fourth-order valence-electron chi connectivity index (χ4n) is 2.48. The number of furan rings is 1. The Labute approximate surface area is 127 Å². The average Bonchev–Trinajstić information content (AvgIpc) is 2.86. The molecule has 1 aromatic heterocycles. The van der Waals surface area contributed by atoms with Crippen LogP contribution in [0.2, 0.25) is 0 Å². The smallest absolute Gasteiger partial charge is 0.118 e. The van der Waals surface area contributed by atoms with Gasteiger partial charge in [0.25, 0.3) is 0 Å². The molecule has 0 spiro atoms. The van der Waals surface area contributed by atoms with E-state index in [4.69, 9.17) is 4.42 Å². The number of nitrogens with zero attached hydrogens (tertiary/aromatic N) is 1. The van der Waals surface area contributed by atoms with Crippen molar-refractivity contribution < 1.29 is 4.42 Å². The van der Waals surface area contributed by atoms with Gasteiger partial charge < -0.3 is 9.73 Å². The predicted molar refractivity (Wildman–Crippen MR) is 87.1 cm³/mol. The van der Waals surface area contributed by atoms with Crippen LogP contribution >= 0.6 is 11.8 Å². The summed E-state index contributed by atoms with van der Waals surface area (Å²) in [4.78, 5) is 2.52. The second-order valence-electron chi connectivity index (χ2n) is 6.03. The number of hydrogen-bond acceptors (Lipinski definition) is 4. The van der Waals surface area contributed by atoms with Crippen molar-refractivity contribution in [3.63, 3.8) is 0 Å². The topological polar surface area (TPSA) is 28.4 Å². The molecule has 1 aliphatic heterocycles. The summed E-state index contributed by atoms with van der Waals surface area (Å²) in [5.41, 5.74) is 0. The molecule has 20 heavy (non-hydrogen) atoms. The van der Waals surface area contributed by atoms with Crippen LogP contribution in [0.4, 0.5) is 0 Å². The van der Waals surface area contributed by atoms with Crippen LogP contribution in [-0.4, -0.2) is 35.5 Å². The highest BCUT2D eigenvalue weighted by molar-refractivity contribution is 8.00. The summed E-state index contributed by atoms with van der Waals surface area (Å²) in [6, 6.07) is 4.24. The minimum Gasteiger partial charge on any atom is -0.463 e. The van der Waals surface area contributed by atoms with Crippen LogP contribution in [0.5, 0.6) is 0 Å². The minimum atomic E-state index is 0.682. The Bertz CT molecular complexity index is 392. The quantitative estimate of drug-likeness (QED) is 0.835. The first kappa shape index (κ1) is 15.9. The summed E-state index contributed by atoms with van der Waals surface area (Å²) >= 11 is 2.11. The van der Waals surface area contributed by atoms with Gasteiger partial charge in [0.2, 0.25) is 0 Å². The molecule has 1 saturated heterocycles. The number of rotatable bonds is 7. The molecule has 1 unspecified atom stereocenters. The van der Waals surface area contributed by atoms with Crippen LogP contribution in [0.15, 0.2) is 16.5 Å². The monoisotopic (exact) mass is 296 g/mol. The van der Waals surface area contributed by atoms with E-state index in [2.05, 4.69) is 54.9 Å². The van der Waals surface area contributed by atoms with E-state index in [-0.39, 0.29) is 0 Å². The number of hydrogen-bond donors (Lipinski definition) is 1. The van der Waals surface area contributed by atoms with Gasteiger partial charge in [-0.3, -0.25) is 4.90 Å². The summed E-state index contributed by atoms with van der Waals surface area (Å²) in [6.07, 6.45) is 1.27. The Hall–Kier alpha value is -0.450. The molecule has 1 fully saturated rings. The zero-order valence-corrected chi connectivity index (χ0v) is 13.8. The lowest BCUT2D eigenvalue weighted by Gasteiger charge is -2.31. The van der Waals surface area contributed by atoms with Crippen molar-refractivity contribution in [2.45, 2.75) is 45.5 Å². The lowest BCUT2D eigenvalue weighted by Crippen LogP contribution is -2.36. The van der Waals surface area contributed by atoms with Gasteiger partial charge in [0.1, 0.15) is 11.5 Å². The van der Waals surface area contributed by atoms with Gasteiger partial charge >= 0.3 is 0 Å². The first-order valence-electron chi connectivity index (χ1n) is 7.79. The van der Waals surface area contributed by atoms with Crippen molar-refractivity contribution >= 4 is 11.8 Å². The molecule has 114 valence electrons. The van der Waals surface area contributed by atoms with Crippen molar-refractivity contribution in [3.05, 3.63) is 23.7 Å². The maximum Gasteiger partial charge on any atom is 0.118 e. The summed E-state index contributed by atoms with van der Waals surface area (Å²) in [5, 5.41) is 4.22. The van der Waals surface area contributed by atoms with E-state index in [1.165, 1.54) is 25.3 Å². The molecule has 2 rings (SSSR count). The molecular formula is C16H28N2OS. The van der Waals surface area contributed by atoms with Crippen LogP contribution in [-0.2, 0) is 13.1 Å². The maximum atomic E-state index is 5.93. The van der Waals surface area contributed by atoms with Gasteiger partial charge in [-0.25, -0.2) is 0 Å². The molecule has 1 N–H and O–H groups in total. The third-order valence-electron chi connectivity index (χ3n) is 3.63. The normalized spacial score (nSPS) is 20.7. The van der Waals surface area contributed by atoms with Gasteiger partial charge in [0.05, 0.1) is 13.1 Å². The lowest BCUT2D eigenvalue weighted by atomic mass is 10.2. The molecule has 0 amide bonds. The average molecular weight is 296 g/mol. The summed E-state index contributed by atoms with van der Waals surface area (Å²) in [6.45, 7) is 11.9. The Morgan fingerprint density at radius 1 is 1.40 bits per heavy atom. The van der Waals surface area contributed by atoms with Gasteiger partial charge in [0.15, 0.2) is 0 Å². The molecule has 4 heteroatoms. The third kappa shape index (κ3) is 5.15. The van der Waals surface area contributed by atoms with Gasteiger partial charge in [-0.1, -0.05) is 20.8 Å². The van der Waals surface area contributed by atoms with Crippen LogP contribution in [0.3, 0.4) is 0 Å². The molecule has 3 nitrogen and oxygen atoms in total. The molecule has 0 radical (unpaired) electrons. The first-order chi connectivity index (χ1) is 9.67. The second kappa shape index (κ2) is 8.11. The highest BCUT2D eigenvalue weighted by atomic mass is 32.2. The molecule has 0 aliphatic carbocycles. The Morgan fingerprint density at radius 2 is 2.20 bits per heavy atom. The van der Waals surface area contributed by atoms with E-state index in [9.17, 15) is 0 Å². The number of nitrogens with one attached hydrogen (secondary N) is 1. The fraction of sp³-hybridized carbons (Fsp3) is 0.750. The molecule has 0 bridgehead atoms. The zero-order valence-electron chi connectivity index (χ0n) is 13.0. The van der Waals surface area contributed by atoms with E-state index in [1.807, 2.05) is 0 Å². The van der Waals surface area contributed by atoms with E-state index < -0.39 is 0 Å². The highest BCUT2D eigenvalue weighted by Gasteiger charge is 2.19. The Balaban J connectivity index is 1.77. The van der Waals surface area contributed by atoms with E-state index in [0.717, 1.165) is 36.4 Å². The van der Waals surface area contributed by atoms with Gasteiger partial charge in [-0.05, 0) is 31.0 Å². The highest BCUT2D eigenvalue weighted by Crippen LogP contribution is 2.22. The van der Waals surface area contributed by atoms with E-state index in [0.29, 0.717) is 5.92 Å². The maximum absolute atomic E-state index is 5.93. The molecule has 1 atom stereocenters. The van der Waals surface area contributed by atoms with E-state index in [1.54, 1.807) is 0 Å². The lowest BCUT2D eigenvalue weighted by molar-refractivity contribution is 0.247. The molecule has 1 aromatic rings. The molecule has 0 aromatic carbocycles. The predicted octanol–water partition coefficient (Wildman–Crippen LogP) is 3.35. The van der Waals surface area contributed by atoms with Crippen LogP contribution in [0.25, 0.3) is 0 Å². The SMILES string of the molecule is CCC1CN(Cc2ccc(CNCC(C)C)o2)CCS1. The number of thioether (sulfide) groups is 1.